The predicted octanol–water partition coefficient (Wildman–Crippen LogP) is 4.37. The number of benzene rings is 1. The van der Waals surface area contributed by atoms with Gasteiger partial charge in [0.15, 0.2) is 5.82 Å². The van der Waals surface area contributed by atoms with E-state index in [-0.39, 0.29) is 28.9 Å². The Labute approximate surface area is 186 Å². The first-order valence-corrected chi connectivity index (χ1v) is 11.2. The van der Waals surface area contributed by atoms with Gasteiger partial charge in [0.2, 0.25) is 5.91 Å². The van der Waals surface area contributed by atoms with Crippen molar-refractivity contribution in [3.8, 4) is 5.75 Å². The Kier molecular flexibility index (Phi) is 6.64. The number of carbonyl (C=O) groups is 1. The minimum Gasteiger partial charge on any atom is -0.495 e. The number of amides is 1. The molecule has 3 rings (SSSR count). The summed E-state index contributed by atoms with van der Waals surface area (Å²) in [6, 6.07) is 7.31. The van der Waals surface area contributed by atoms with Crippen molar-refractivity contribution in [1.82, 2.24) is 10.1 Å². The minimum atomic E-state index is -3.93. The third-order valence-corrected chi connectivity index (χ3v) is 6.49. The monoisotopic (exact) mass is 514 g/mol. The number of hydrogen-bond donors (Lipinski definition) is 1. The standard InChI is InChI=1S/C18H16BrClN4O5S/c1-3-18(25)24(14-9-13(20)12(19)8-15(14)28-2)17-5-4-11(10-21-17)30(26,27)23-16-6-7-29-22-16/h4-10H,3H2,1-2H3,(H,22,23). The van der Waals surface area contributed by atoms with E-state index in [1.54, 1.807) is 19.1 Å². The van der Waals surface area contributed by atoms with Gasteiger partial charge < -0.3 is 9.26 Å². The molecule has 30 heavy (non-hydrogen) atoms. The lowest BCUT2D eigenvalue weighted by molar-refractivity contribution is -0.117. The van der Waals surface area contributed by atoms with Crippen molar-refractivity contribution in [2.24, 2.45) is 0 Å². The fourth-order valence-electron chi connectivity index (χ4n) is 2.53. The van der Waals surface area contributed by atoms with E-state index >= 15 is 0 Å². The molecule has 9 nitrogen and oxygen atoms in total. The van der Waals surface area contributed by atoms with Gasteiger partial charge in [-0.15, -0.1) is 0 Å². The van der Waals surface area contributed by atoms with E-state index in [4.69, 9.17) is 16.3 Å². The van der Waals surface area contributed by atoms with Gasteiger partial charge in [-0.3, -0.25) is 14.4 Å². The molecule has 158 valence electrons. The summed E-state index contributed by atoms with van der Waals surface area (Å²) in [4.78, 5) is 18.1. The van der Waals surface area contributed by atoms with Crippen LogP contribution in [-0.4, -0.2) is 31.6 Å². The molecule has 12 heteroatoms. The normalized spacial score (nSPS) is 11.2. The molecule has 0 aliphatic carbocycles. The number of carbonyl (C=O) groups excluding carboxylic acids is 1. The smallest absolute Gasteiger partial charge is 0.264 e. The van der Waals surface area contributed by atoms with E-state index in [2.05, 4.69) is 35.3 Å². The van der Waals surface area contributed by atoms with Crippen LogP contribution in [-0.2, 0) is 14.8 Å². The van der Waals surface area contributed by atoms with Crippen LogP contribution in [0.1, 0.15) is 13.3 Å². The fraction of sp³-hybridized carbons (Fsp3) is 0.167. The van der Waals surface area contributed by atoms with Crippen LogP contribution in [0.15, 0.2) is 56.7 Å². The van der Waals surface area contributed by atoms with Gasteiger partial charge in [0.1, 0.15) is 22.7 Å². The summed E-state index contributed by atoms with van der Waals surface area (Å²) in [5, 5.41) is 3.88. The maximum absolute atomic E-state index is 12.7. The maximum Gasteiger partial charge on any atom is 0.264 e. The van der Waals surface area contributed by atoms with Crippen molar-refractivity contribution in [1.29, 1.82) is 0 Å². The lowest BCUT2D eigenvalue weighted by Crippen LogP contribution is -2.26. The first-order valence-electron chi connectivity index (χ1n) is 8.52. The molecule has 0 atom stereocenters. The summed E-state index contributed by atoms with van der Waals surface area (Å²) in [6.07, 6.45) is 2.55. The molecule has 3 aromatic rings. The molecular formula is C18H16BrClN4O5S. The summed E-state index contributed by atoms with van der Waals surface area (Å²) >= 11 is 9.53. The number of nitrogens with one attached hydrogen (secondary N) is 1. The number of sulfonamides is 1. The molecule has 0 saturated heterocycles. The van der Waals surface area contributed by atoms with Crippen LogP contribution >= 0.6 is 27.5 Å². The van der Waals surface area contributed by atoms with Crippen molar-refractivity contribution in [3.05, 3.63) is 52.3 Å². The van der Waals surface area contributed by atoms with Crippen LogP contribution < -0.4 is 14.4 Å². The van der Waals surface area contributed by atoms with Crippen molar-refractivity contribution in [3.63, 3.8) is 0 Å². The summed E-state index contributed by atoms with van der Waals surface area (Å²) in [5.74, 6) is 0.352. The van der Waals surface area contributed by atoms with Gasteiger partial charge in [-0.1, -0.05) is 23.7 Å². The van der Waals surface area contributed by atoms with E-state index in [1.807, 2.05) is 0 Å². The van der Waals surface area contributed by atoms with Crippen LogP contribution in [0.3, 0.4) is 0 Å². The second-order valence-electron chi connectivity index (χ2n) is 5.86. The Hall–Kier alpha value is -2.63. The molecule has 0 aliphatic heterocycles. The molecule has 2 aromatic heterocycles. The number of methoxy groups -OCH3 is 1. The molecule has 0 radical (unpaired) electrons. The number of ether oxygens (including phenoxy) is 1. The predicted molar refractivity (Wildman–Crippen MR) is 115 cm³/mol. The molecule has 1 aromatic carbocycles. The maximum atomic E-state index is 12.7. The third-order valence-electron chi connectivity index (χ3n) is 3.95. The Bertz CT molecular complexity index is 1150. The number of anilines is 3. The highest BCUT2D eigenvalue weighted by molar-refractivity contribution is 9.10. The van der Waals surface area contributed by atoms with Gasteiger partial charge in [-0.25, -0.2) is 13.4 Å². The minimum absolute atomic E-state index is 0.0381. The number of nitrogens with zero attached hydrogens (tertiary/aromatic N) is 3. The Morgan fingerprint density at radius 2 is 2.10 bits per heavy atom. The molecule has 2 heterocycles. The molecule has 0 unspecified atom stereocenters. The number of pyridine rings is 1. The van der Waals surface area contributed by atoms with E-state index < -0.39 is 10.0 Å². The second kappa shape index (κ2) is 9.02. The Morgan fingerprint density at radius 3 is 2.67 bits per heavy atom. The van der Waals surface area contributed by atoms with E-state index in [9.17, 15) is 13.2 Å². The average molecular weight is 516 g/mol. The van der Waals surface area contributed by atoms with Gasteiger partial charge in [0.25, 0.3) is 10.0 Å². The molecular weight excluding hydrogens is 500 g/mol. The zero-order valence-corrected chi connectivity index (χ0v) is 19.0. The number of rotatable bonds is 7. The topological polar surface area (TPSA) is 115 Å². The zero-order valence-electron chi connectivity index (χ0n) is 15.8. The van der Waals surface area contributed by atoms with E-state index in [1.165, 1.54) is 36.5 Å². The molecule has 0 bridgehead atoms. The summed E-state index contributed by atoms with van der Waals surface area (Å²) < 4.78 is 37.8. The van der Waals surface area contributed by atoms with Crippen molar-refractivity contribution < 1.29 is 22.5 Å². The van der Waals surface area contributed by atoms with Crippen LogP contribution in [0.4, 0.5) is 17.3 Å². The highest BCUT2D eigenvalue weighted by Gasteiger charge is 2.24. The number of hydrogen-bond acceptors (Lipinski definition) is 7. The van der Waals surface area contributed by atoms with Gasteiger partial charge in [0, 0.05) is 23.2 Å². The Balaban J connectivity index is 2.01. The lowest BCUT2D eigenvalue weighted by atomic mass is 10.2. The van der Waals surface area contributed by atoms with Crippen LogP contribution in [0.5, 0.6) is 5.75 Å². The first kappa shape index (κ1) is 22.1. The summed E-state index contributed by atoms with van der Waals surface area (Å²) in [7, 11) is -2.47. The Morgan fingerprint density at radius 1 is 1.33 bits per heavy atom. The highest BCUT2D eigenvalue weighted by atomic mass is 79.9. The lowest BCUT2D eigenvalue weighted by Gasteiger charge is -2.24. The van der Waals surface area contributed by atoms with Gasteiger partial charge in [-0.2, -0.15) is 0 Å². The second-order valence-corrected chi connectivity index (χ2v) is 8.81. The highest BCUT2D eigenvalue weighted by Crippen LogP contribution is 2.39. The summed E-state index contributed by atoms with van der Waals surface area (Å²) in [6.45, 7) is 1.70. The van der Waals surface area contributed by atoms with Crippen molar-refractivity contribution in [2.75, 3.05) is 16.7 Å². The summed E-state index contributed by atoms with van der Waals surface area (Å²) in [5.41, 5.74) is 0.376. The van der Waals surface area contributed by atoms with E-state index in [0.717, 1.165) is 6.20 Å². The van der Waals surface area contributed by atoms with Gasteiger partial charge in [0.05, 0.1) is 17.8 Å². The van der Waals surface area contributed by atoms with Gasteiger partial charge >= 0.3 is 0 Å². The fourth-order valence-corrected chi connectivity index (χ4v) is 3.94. The van der Waals surface area contributed by atoms with Crippen LogP contribution in [0, 0.1) is 0 Å². The molecule has 0 saturated carbocycles. The molecule has 0 spiro atoms. The van der Waals surface area contributed by atoms with Gasteiger partial charge in [-0.05, 0) is 40.2 Å². The molecule has 1 amide bonds. The largest absolute Gasteiger partial charge is 0.495 e. The average Bonchev–Trinajstić information content (AvgIpc) is 3.23. The quantitative estimate of drug-likeness (QED) is 0.497. The molecule has 0 fully saturated rings. The van der Waals surface area contributed by atoms with E-state index in [0.29, 0.717) is 20.9 Å². The molecule has 0 aliphatic rings. The zero-order chi connectivity index (χ0) is 21.9. The van der Waals surface area contributed by atoms with Crippen molar-refractivity contribution in [2.45, 2.75) is 18.2 Å². The number of halogens is 2. The van der Waals surface area contributed by atoms with Crippen LogP contribution in [0.25, 0.3) is 0 Å². The first-order chi connectivity index (χ1) is 14.3. The van der Waals surface area contributed by atoms with Crippen LogP contribution in [0.2, 0.25) is 5.02 Å². The number of aromatic nitrogens is 2. The SMILES string of the molecule is CCC(=O)N(c1ccc(S(=O)(=O)Nc2ccon2)cn1)c1cc(Cl)c(Br)cc1OC. The van der Waals surface area contributed by atoms with Crippen molar-refractivity contribution >= 4 is 60.8 Å². The molecule has 1 N–H and O–H groups in total. The third kappa shape index (κ3) is 4.58.